The van der Waals surface area contributed by atoms with Crippen LogP contribution >= 0.6 is 0 Å². The predicted octanol–water partition coefficient (Wildman–Crippen LogP) is 18.1. The molecule has 33 rings (SSSR count). The van der Waals surface area contributed by atoms with Crippen LogP contribution in [0.25, 0.3) is 291 Å². The number of hydrogen-bond acceptors (Lipinski definition) is 5. The lowest BCUT2D eigenvalue weighted by Gasteiger charge is -2.47. The third-order valence-electron chi connectivity index (χ3n) is 27.8. The molecule has 1 amide bonds. The monoisotopic (exact) mass is 1080 g/mol. The van der Waals surface area contributed by atoms with E-state index in [1.165, 1.54) is 0 Å². The van der Waals surface area contributed by atoms with Crippen molar-refractivity contribution in [2.75, 3.05) is 72.9 Å². The van der Waals surface area contributed by atoms with Gasteiger partial charge in [0, 0.05) is 19.6 Å². The number of ether oxygens (including phenoxy) is 4. The molecule has 0 bridgehead atoms. The van der Waals surface area contributed by atoms with Crippen LogP contribution in [0.5, 0.6) is 0 Å². The lowest BCUT2D eigenvalue weighted by Crippen LogP contribution is -2.51. The zero-order chi connectivity index (χ0) is 53.1. The summed E-state index contributed by atoms with van der Waals surface area (Å²) in [6.07, 6.45) is 1.36. The Bertz CT molecular complexity index is 7010. The number of amides is 1. The topological polar surface area (TPSA) is 66.0 Å². The van der Waals surface area contributed by atoms with Crippen molar-refractivity contribution in [1.82, 2.24) is 5.32 Å². The summed E-state index contributed by atoms with van der Waals surface area (Å²) in [4.78, 5) is 12.0. The molecule has 4 aliphatic carbocycles. The summed E-state index contributed by atoms with van der Waals surface area (Å²) in [6.45, 7) is 13.0. The van der Waals surface area contributed by atoms with Gasteiger partial charge in [0.25, 0.3) is 0 Å². The second-order valence-corrected chi connectivity index (χ2v) is 31.2. The van der Waals surface area contributed by atoms with Gasteiger partial charge in [0.1, 0.15) is 5.60 Å². The van der Waals surface area contributed by atoms with Gasteiger partial charge in [-0.3, -0.25) is 0 Å². The van der Waals surface area contributed by atoms with Gasteiger partial charge in [-0.25, -0.2) is 4.79 Å². The van der Waals surface area contributed by atoms with Gasteiger partial charge in [-0.1, -0.05) is 0 Å². The molecule has 5 aliphatic rings. The average Bonchev–Trinajstić information content (AvgIpc) is 1.38. The molecule has 388 valence electrons. The normalized spacial score (nSPS) is 22.6. The highest BCUT2D eigenvalue weighted by Crippen LogP contribution is 2.85. The van der Waals surface area contributed by atoms with Gasteiger partial charge in [-0.2, -0.15) is 0 Å². The maximum atomic E-state index is 12.0. The highest BCUT2D eigenvalue weighted by Gasteiger charge is 2.76. The number of nitrogens with one attached hydrogen (secondary N) is 1. The molecule has 0 unspecified atom stereocenters. The van der Waals surface area contributed by atoms with Gasteiger partial charge in [0.05, 0.1) is 70.5 Å². The van der Waals surface area contributed by atoms with Crippen LogP contribution in [0.1, 0.15) is 55.9 Å². The molecule has 28 aromatic rings. The minimum Gasteiger partial charge on any atom is -0.444 e. The van der Waals surface area contributed by atoms with Gasteiger partial charge < -0.3 is 28.7 Å². The van der Waals surface area contributed by atoms with E-state index in [0.717, 1.165) is 43.6 Å². The van der Waals surface area contributed by atoms with E-state index in [9.17, 15) is 4.79 Å². The largest absolute Gasteiger partial charge is 0.444 e. The first-order valence-electron chi connectivity index (χ1n) is 32.1. The van der Waals surface area contributed by atoms with E-state index in [2.05, 4.69) is 12.4 Å². The SMILES string of the molecule is CC(C)(C)OC(=O)NCCCOCCOCCOCCC[N+]1(C)CC23c4c5c6c7c8c9c(c%10c%11c2c2c4c4c%12c5c5c6c6c8c8c%13c9c9c%10c%10c%11c%11c2c2c4c4c%12c%12c5c5c6c8c6c8c%13c9c9c%10c%10c%11c2c2c4c4c%12c5c6c5c8c9c%10c2c45)C73C1. The number of likely N-dealkylation sites (N-methyl/N-ethyl adjacent to an activating group) is 1. The maximum absolute atomic E-state index is 12.0. The quantitative estimate of drug-likeness (QED) is 0.0668. The van der Waals surface area contributed by atoms with E-state index in [4.69, 9.17) is 18.9 Å². The summed E-state index contributed by atoms with van der Waals surface area (Å²) >= 11 is 0. The molecule has 1 aliphatic heterocycles. The lowest BCUT2D eigenvalue weighted by atomic mass is 9.50. The molecular weight excluding hydrogens is 1040 g/mol. The number of carbonyl (C=O) groups is 1. The summed E-state index contributed by atoms with van der Waals surface area (Å²) in [5, 5.41) is 93.0. The lowest BCUT2D eigenvalue weighted by molar-refractivity contribution is -0.900. The number of benzene rings is 18. The molecule has 2 spiro atoms. The Morgan fingerprint density at radius 1 is 0.329 bits per heavy atom. The summed E-state index contributed by atoms with van der Waals surface area (Å²) < 4.78 is 24.8. The van der Waals surface area contributed by atoms with E-state index < -0.39 is 5.60 Å². The predicted molar refractivity (Wildman–Crippen MR) is 351 cm³/mol. The Morgan fingerprint density at radius 3 is 0.753 bits per heavy atom. The van der Waals surface area contributed by atoms with Crippen molar-refractivity contribution in [2.24, 2.45) is 0 Å². The van der Waals surface area contributed by atoms with E-state index >= 15 is 0 Å². The smallest absolute Gasteiger partial charge is 0.407 e. The average molecular weight is 1080 g/mol. The van der Waals surface area contributed by atoms with Gasteiger partial charge >= 0.3 is 6.09 Å². The Hall–Kier alpha value is -8.43. The van der Waals surface area contributed by atoms with Crippen LogP contribution < -0.4 is 5.32 Å². The first-order chi connectivity index (χ1) is 41.8. The van der Waals surface area contributed by atoms with Crippen molar-refractivity contribution >= 4 is 297 Å². The molecular formula is C78H37N2O5+. The van der Waals surface area contributed by atoms with Gasteiger partial charge in [-0.15, -0.1) is 0 Å². The molecule has 0 aromatic heterocycles. The first kappa shape index (κ1) is 37.8. The molecule has 1 fully saturated rings. The van der Waals surface area contributed by atoms with Crippen molar-refractivity contribution < 1.29 is 28.2 Å². The number of carbonyl (C=O) groups excluding carboxylic acids is 1. The third-order valence-corrected chi connectivity index (χ3v) is 27.8. The van der Waals surface area contributed by atoms with Crippen LogP contribution in [0, 0.1) is 0 Å². The summed E-state index contributed by atoms with van der Waals surface area (Å²) in [5.74, 6) is 0. The number of rotatable bonds is 14. The number of alkyl carbamates (subject to hydrolysis) is 1. The zero-order valence-corrected chi connectivity index (χ0v) is 46.5. The first-order valence-corrected chi connectivity index (χ1v) is 32.1. The van der Waals surface area contributed by atoms with Crippen molar-refractivity contribution in [3.63, 3.8) is 0 Å². The fraction of sp³-hybridized carbons (Fsp3) is 0.244. The van der Waals surface area contributed by atoms with Crippen LogP contribution in [0.15, 0.2) is 0 Å². The molecule has 0 atom stereocenters. The minimum absolute atomic E-state index is 0.210. The van der Waals surface area contributed by atoms with E-state index in [1.54, 1.807) is 313 Å². The Kier molecular flexibility index (Phi) is 4.25. The molecule has 85 heavy (non-hydrogen) atoms. The Labute approximate surface area is 473 Å². The third kappa shape index (κ3) is 2.56. The second-order valence-electron chi connectivity index (χ2n) is 31.2. The molecule has 28 aromatic carbocycles. The summed E-state index contributed by atoms with van der Waals surface area (Å²) in [7, 11) is 2.71. The van der Waals surface area contributed by atoms with Gasteiger partial charge in [0.15, 0.2) is 0 Å². The molecule has 7 nitrogen and oxygen atoms in total. The number of nitrogens with zero attached hydrogens (tertiary/aromatic N) is 1. The van der Waals surface area contributed by atoms with E-state index in [1.807, 2.05) is 20.8 Å². The maximum Gasteiger partial charge on any atom is 0.407 e. The molecule has 7 heteroatoms. The highest BCUT2D eigenvalue weighted by atomic mass is 16.6. The summed E-state index contributed by atoms with van der Waals surface area (Å²) in [5.41, 5.74) is 6.24. The molecule has 0 saturated carbocycles. The standard InChI is InChI=1S/C78H36N2O5/c1-76(2,3)85-75(81)79-7-5-9-82-11-13-84-14-12-83-10-6-8-80(4)15-77-71-63-55-45-35-27-19-17-18-21-25-23(19)31-39-33(25)43-37-29(21)30-22(18)26-24-20(17)28(27)36-42-32(24)40-34(26)44-38(30)48-47(37)57-51(43)61-53(39)59(49(55)41(31)35)67(71)69(61)73-65(57)66-58(48)52(44)62-54(40)60-50(42)56(46(36)45)64(63)72(77)68(60)70(62)74(66)78(73,77)16-80/h5-16H2,1-4H3/p+1. The Balaban J connectivity index is 0.697. The van der Waals surface area contributed by atoms with Crippen LogP contribution in [-0.4, -0.2) is 89.0 Å². The molecule has 1 saturated heterocycles. The van der Waals surface area contributed by atoms with Crippen molar-refractivity contribution in [3.05, 3.63) is 22.3 Å². The van der Waals surface area contributed by atoms with Crippen LogP contribution in [0.2, 0.25) is 0 Å². The number of quaternary nitrogens is 1. The van der Waals surface area contributed by atoms with Crippen molar-refractivity contribution in [2.45, 2.75) is 50.0 Å². The van der Waals surface area contributed by atoms with E-state index in [-0.39, 0.29) is 16.9 Å². The van der Waals surface area contributed by atoms with Gasteiger partial charge in [0.2, 0.25) is 0 Å². The van der Waals surface area contributed by atoms with Crippen molar-refractivity contribution in [3.8, 4) is 0 Å². The van der Waals surface area contributed by atoms with Crippen LogP contribution in [-0.2, 0) is 29.8 Å². The van der Waals surface area contributed by atoms with E-state index in [0.29, 0.717) is 39.6 Å². The number of hydrogen-bond donors (Lipinski definition) is 1. The fourth-order valence-electron chi connectivity index (χ4n) is 27.3. The second kappa shape index (κ2) is 9.57. The van der Waals surface area contributed by atoms with Crippen molar-refractivity contribution in [1.29, 1.82) is 0 Å². The Morgan fingerprint density at radius 2 is 0.529 bits per heavy atom. The zero-order valence-electron chi connectivity index (χ0n) is 46.5. The summed E-state index contributed by atoms with van der Waals surface area (Å²) in [6, 6.07) is 0. The number of likely N-dealkylation sites (tertiary alicyclic amines) is 1. The highest BCUT2D eigenvalue weighted by molar-refractivity contribution is 6.82. The molecule has 0 radical (unpaired) electrons. The molecule has 1 N–H and O–H groups in total. The van der Waals surface area contributed by atoms with Gasteiger partial charge in [-0.05, 0) is 340 Å². The fourth-order valence-corrected chi connectivity index (χ4v) is 27.3. The molecule has 1 heterocycles. The van der Waals surface area contributed by atoms with Crippen LogP contribution in [0.4, 0.5) is 4.79 Å². The van der Waals surface area contributed by atoms with Crippen LogP contribution in [0.3, 0.4) is 0 Å². The minimum atomic E-state index is -0.503.